The van der Waals surface area contributed by atoms with E-state index in [9.17, 15) is 9.59 Å². The molecule has 33 heavy (non-hydrogen) atoms. The minimum absolute atomic E-state index is 0.00399. The first-order valence-corrected chi connectivity index (χ1v) is 11.6. The van der Waals surface area contributed by atoms with Gasteiger partial charge in [-0.1, -0.05) is 30.3 Å². The lowest BCUT2D eigenvalue weighted by atomic mass is 10.0. The molecule has 1 fully saturated rings. The maximum atomic E-state index is 12.6. The van der Waals surface area contributed by atoms with Gasteiger partial charge in [0, 0.05) is 50.6 Å². The highest BCUT2D eigenvalue weighted by atomic mass is 16.2. The van der Waals surface area contributed by atoms with Crippen molar-refractivity contribution in [2.45, 2.75) is 51.0 Å². The summed E-state index contributed by atoms with van der Waals surface area (Å²) in [7, 11) is 0. The minimum atomic E-state index is 0.00399. The van der Waals surface area contributed by atoms with E-state index in [2.05, 4.69) is 32.5 Å². The zero-order valence-electron chi connectivity index (χ0n) is 18.8. The van der Waals surface area contributed by atoms with Crippen LogP contribution in [-0.4, -0.2) is 49.6 Å². The van der Waals surface area contributed by atoms with Crippen LogP contribution in [-0.2, 0) is 22.4 Å². The lowest BCUT2D eigenvalue weighted by Gasteiger charge is -2.32. The number of nitrogens with zero attached hydrogens (tertiary/aromatic N) is 5. The van der Waals surface area contributed by atoms with Crippen molar-refractivity contribution in [3.05, 3.63) is 72.4 Å². The number of carbonyl (C=O) groups excluding carboxylic acids is 2. The molecule has 1 aliphatic heterocycles. The zero-order chi connectivity index (χ0) is 22.9. The summed E-state index contributed by atoms with van der Waals surface area (Å²) >= 11 is 0. The lowest BCUT2D eigenvalue weighted by molar-refractivity contribution is -0.132. The second kappa shape index (κ2) is 11.4. The van der Waals surface area contributed by atoms with Crippen LogP contribution in [0.4, 0.5) is 5.82 Å². The fraction of sp³-hybridized carbons (Fsp3) is 0.400. The average Bonchev–Trinajstić information content (AvgIpc) is 3.32. The van der Waals surface area contributed by atoms with Crippen LogP contribution >= 0.6 is 0 Å². The lowest BCUT2D eigenvalue weighted by Crippen LogP contribution is -2.39. The molecule has 3 aromatic rings. The van der Waals surface area contributed by atoms with Crippen molar-refractivity contribution in [2.24, 2.45) is 0 Å². The fourth-order valence-electron chi connectivity index (χ4n) is 4.22. The molecule has 8 nitrogen and oxygen atoms in total. The van der Waals surface area contributed by atoms with Crippen LogP contribution in [0.5, 0.6) is 0 Å². The molecular weight excluding hydrogens is 416 g/mol. The molecule has 3 heterocycles. The number of piperidine rings is 1. The van der Waals surface area contributed by atoms with Gasteiger partial charge in [0.25, 0.3) is 0 Å². The summed E-state index contributed by atoms with van der Waals surface area (Å²) in [5.74, 6) is 0.878. The molecule has 0 radical (unpaired) electrons. The molecule has 8 heteroatoms. The van der Waals surface area contributed by atoms with Gasteiger partial charge in [-0.3, -0.25) is 19.6 Å². The first-order valence-electron chi connectivity index (χ1n) is 11.6. The van der Waals surface area contributed by atoms with Gasteiger partial charge >= 0.3 is 0 Å². The van der Waals surface area contributed by atoms with E-state index in [-0.39, 0.29) is 17.9 Å². The fourth-order valence-corrected chi connectivity index (χ4v) is 4.22. The molecule has 0 aliphatic carbocycles. The molecule has 0 spiro atoms. The Kier molecular flexibility index (Phi) is 7.79. The molecule has 1 N–H and O–H groups in total. The maximum Gasteiger partial charge on any atom is 0.225 e. The van der Waals surface area contributed by atoms with Crippen molar-refractivity contribution >= 4 is 17.6 Å². The van der Waals surface area contributed by atoms with Crippen LogP contribution in [0.1, 0.15) is 49.4 Å². The van der Waals surface area contributed by atoms with Crippen LogP contribution in [0.25, 0.3) is 0 Å². The Morgan fingerprint density at radius 1 is 0.970 bits per heavy atom. The minimum Gasteiger partial charge on any atom is -0.343 e. The Bertz CT molecular complexity index is 1030. The van der Waals surface area contributed by atoms with Crippen molar-refractivity contribution in [1.82, 2.24) is 24.6 Å². The third-order valence-corrected chi connectivity index (χ3v) is 6.02. The monoisotopic (exact) mass is 446 g/mol. The molecule has 2 amide bonds. The van der Waals surface area contributed by atoms with E-state index in [0.717, 1.165) is 37.2 Å². The molecule has 1 aliphatic rings. The van der Waals surface area contributed by atoms with Crippen LogP contribution in [0, 0.1) is 0 Å². The van der Waals surface area contributed by atoms with E-state index in [1.807, 2.05) is 33.8 Å². The van der Waals surface area contributed by atoms with Crippen molar-refractivity contribution in [2.75, 3.05) is 18.4 Å². The second-order valence-corrected chi connectivity index (χ2v) is 8.36. The first-order chi connectivity index (χ1) is 16.2. The Morgan fingerprint density at radius 2 is 1.79 bits per heavy atom. The Labute approximate surface area is 194 Å². The third-order valence-electron chi connectivity index (χ3n) is 6.02. The van der Waals surface area contributed by atoms with Gasteiger partial charge in [-0.2, -0.15) is 5.10 Å². The van der Waals surface area contributed by atoms with Crippen LogP contribution in [0.3, 0.4) is 0 Å². The average molecular weight is 447 g/mol. The van der Waals surface area contributed by atoms with Gasteiger partial charge in [0.15, 0.2) is 0 Å². The van der Waals surface area contributed by atoms with Crippen LogP contribution in [0.2, 0.25) is 0 Å². The van der Waals surface area contributed by atoms with E-state index >= 15 is 0 Å². The number of aromatic nitrogens is 4. The van der Waals surface area contributed by atoms with E-state index in [4.69, 9.17) is 0 Å². The molecule has 1 aromatic carbocycles. The van der Waals surface area contributed by atoms with Gasteiger partial charge in [-0.15, -0.1) is 0 Å². The van der Waals surface area contributed by atoms with Crippen molar-refractivity contribution < 1.29 is 9.59 Å². The first kappa shape index (κ1) is 22.6. The van der Waals surface area contributed by atoms with E-state index in [1.165, 1.54) is 5.56 Å². The molecule has 2 aromatic heterocycles. The number of nitrogens with one attached hydrogen (secondary N) is 1. The molecule has 0 atom stereocenters. The molecule has 0 saturated carbocycles. The summed E-state index contributed by atoms with van der Waals surface area (Å²) in [6.45, 7) is 1.38. The summed E-state index contributed by atoms with van der Waals surface area (Å²) in [6, 6.07) is 12.2. The molecule has 172 valence electrons. The summed E-state index contributed by atoms with van der Waals surface area (Å²) in [4.78, 5) is 35.2. The van der Waals surface area contributed by atoms with Crippen molar-refractivity contribution in [1.29, 1.82) is 0 Å². The van der Waals surface area contributed by atoms with Gasteiger partial charge < -0.3 is 10.2 Å². The number of amides is 2. The van der Waals surface area contributed by atoms with E-state index < -0.39 is 0 Å². The molecular formula is C25H30N6O2. The highest BCUT2D eigenvalue weighted by Crippen LogP contribution is 2.26. The van der Waals surface area contributed by atoms with Crippen molar-refractivity contribution in [3.8, 4) is 0 Å². The number of anilines is 1. The highest BCUT2D eigenvalue weighted by Gasteiger charge is 2.25. The number of aryl methyl sites for hydroxylation is 2. The molecule has 0 bridgehead atoms. The van der Waals surface area contributed by atoms with Crippen LogP contribution in [0.15, 0.2) is 61.2 Å². The predicted molar refractivity (Wildman–Crippen MR) is 125 cm³/mol. The standard InChI is InChI=1S/C25H30N6O2/c32-24(8-4-7-20-5-2-1-3-6-20)29-23-11-14-28-31(23)22-12-17-30(18-13-22)25(33)10-9-21-19-26-15-16-27-21/h1-3,5-6,11,14-16,19,22H,4,7-10,12-13,17-18H2,(H,29,32). The SMILES string of the molecule is O=C(CCCc1ccccc1)Nc1ccnn1C1CCN(C(=O)CCc2cnccn2)CC1. The molecule has 1 saturated heterocycles. The van der Waals surface area contributed by atoms with Gasteiger partial charge in [0.1, 0.15) is 5.82 Å². The number of carbonyl (C=O) groups is 2. The number of benzene rings is 1. The Morgan fingerprint density at radius 3 is 2.55 bits per heavy atom. The topological polar surface area (TPSA) is 93.0 Å². The molecule has 4 rings (SSSR count). The normalized spacial score (nSPS) is 14.2. The van der Waals surface area contributed by atoms with Gasteiger partial charge in [-0.05, 0) is 37.7 Å². The van der Waals surface area contributed by atoms with E-state index in [0.29, 0.717) is 32.4 Å². The van der Waals surface area contributed by atoms with Gasteiger partial charge in [-0.25, -0.2) is 4.68 Å². The zero-order valence-corrected chi connectivity index (χ0v) is 18.8. The third kappa shape index (κ3) is 6.47. The Balaban J connectivity index is 1.22. The number of rotatable bonds is 9. The quantitative estimate of drug-likeness (QED) is 0.544. The smallest absolute Gasteiger partial charge is 0.225 e. The van der Waals surface area contributed by atoms with Gasteiger partial charge in [0.05, 0.1) is 17.9 Å². The predicted octanol–water partition coefficient (Wildman–Crippen LogP) is 3.43. The summed E-state index contributed by atoms with van der Waals surface area (Å²) < 4.78 is 1.90. The summed E-state index contributed by atoms with van der Waals surface area (Å²) in [6.07, 6.45) is 11.5. The number of hydrogen-bond acceptors (Lipinski definition) is 5. The highest BCUT2D eigenvalue weighted by molar-refractivity contribution is 5.89. The maximum absolute atomic E-state index is 12.6. The summed E-state index contributed by atoms with van der Waals surface area (Å²) in [5.41, 5.74) is 2.08. The Hall–Kier alpha value is -3.55. The second-order valence-electron chi connectivity index (χ2n) is 8.36. The largest absolute Gasteiger partial charge is 0.343 e. The van der Waals surface area contributed by atoms with Crippen molar-refractivity contribution in [3.63, 3.8) is 0 Å². The van der Waals surface area contributed by atoms with Gasteiger partial charge in [0.2, 0.25) is 11.8 Å². The summed E-state index contributed by atoms with van der Waals surface area (Å²) in [5, 5.41) is 7.46. The molecule has 0 unspecified atom stereocenters. The van der Waals surface area contributed by atoms with Crippen LogP contribution < -0.4 is 5.32 Å². The van der Waals surface area contributed by atoms with E-state index in [1.54, 1.807) is 24.8 Å². The number of hydrogen-bond donors (Lipinski definition) is 1. The number of likely N-dealkylation sites (tertiary alicyclic amines) is 1.